The van der Waals surface area contributed by atoms with Crippen molar-refractivity contribution in [3.05, 3.63) is 72.2 Å². The summed E-state index contributed by atoms with van der Waals surface area (Å²) in [7, 11) is -2.35. The second-order valence-electron chi connectivity index (χ2n) is 8.35. The maximum atomic E-state index is 13.0. The molecule has 1 aliphatic rings. The Bertz CT molecular complexity index is 1300. The molecule has 1 saturated heterocycles. The molecule has 4 rings (SSSR count). The maximum Gasteiger partial charge on any atom is 0.289 e. The third-order valence-electron chi connectivity index (χ3n) is 5.97. The van der Waals surface area contributed by atoms with Gasteiger partial charge in [-0.05, 0) is 73.9 Å². The van der Waals surface area contributed by atoms with E-state index in [-0.39, 0.29) is 28.4 Å². The number of methoxy groups -OCH3 is 1. The number of nitrogens with zero attached hydrogens (tertiary/aromatic N) is 1. The van der Waals surface area contributed by atoms with Crippen molar-refractivity contribution >= 4 is 33.2 Å². The summed E-state index contributed by atoms with van der Waals surface area (Å²) in [6.07, 6.45) is 2.47. The molecule has 0 aliphatic carbocycles. The molecule has 0 unspecified atom stereocenters. The van der Waals surface area contributed by atoms with E-state index < -0.39 is 10.0 Å². The number of amides is 2. The van der Waals surface area contributed by atoms with Gasteiger partial charge in [0.05, 0.1) is 18.3 Å². The summed E-state index contributed by atoms with van der Waals surface area (Å²) in [6, 6.07) is 14.6. The molecule has 2 aromatic carbocycles. The van der Waals surface area contributed by atoms with Gasteiger partial charge in [0.15, 0.2) is 5.76 Å². The summed E-state index contributed by atoms with van der Waals surface area (Å²) in [5.41, 5.74) is 1.34. The van der Waals surface area contributed by atoms with E-state index in [0.29, 0.717) is 48.6 Å². The predicted molar refractivity (Wildman–Crippen MR) is 131 cm³/mol. The number of benzene rings is 2. The number of likely N-dealkylation sites (tertiary alicyclic amines) is 1. The fraction of sp³-hybridized carbons (Fsp3) is 0.280. The van der Waals surface area contributed by atoms with Crippen LogP contribution in [0.3, 0.4) is 0 Å². The Morgan fingerprint density at radius 1 is 1.03 bits per heavy atom. The van der Waals surface area contributed by atoms with Crippen molar-refractivity contribution in [3.8, 4) is 5.75 Å². The largest absolute Gasteiger partial charge is 0.497 e. The number of rotatable bonds is 7. The summed E-state index contributed by atoms with van der Waals surface area (Å²) in [6.45, 7) is 2.58. The van der Waals surface area contributed by atoms with Crippen molar-refractivity contribution in [1.29, 1.82) is 0 Å². The van der Waals surface area contributed by atoms with Crippen LogP contribution in [0, 0.1) is 12.8 Å². The number of furan rings is 1. The fourth-order valence-corrected chi connectivity index (χ4v) is 5.31. The molecule has 0 spiro atoms. The highest BCUT2D eigenvalue weighted by Gasteiger charge is 2.29. The quantitative estimate of drug-likeness (QED) is 0.511. The topological polar surface area (TPSA) is 118 Å². The molecule has 2 N–H and O–H groups in total. The van der Waals surface area contributed by atoms with Crippen LogP contribution in [0.1, 0.15) is 29.0 Å². The molecule has 1 aromatic heterocycles. The minimum atomic E-state index is -3.88. The summed E-state index contributed by atoms with van der Waals surface area (Å²) >= 11 is 0. The first-order valence-corrected chi connectivity index (χ1v) is 12.7. The van der Waals surface area contributed by atoms with Gasteiger partial charge in [-0.1, -0.05) is 6.07 Å². The summed E-state index contributed by atoms with van der Waals surface area (Å²) in [5.74, 6) is 0.223. The average Bonchev–Trinajstić information content (AvgIpc) is 3.40. The van der Waals surface area contributed by atoms with Crippen molar-refractivity contribution < 1.29 is 27.2 Å². The van der Waals surface area contributed by atoms with E-state index >= 15 is 0 Å². The zero-order chi connectivity index (χ0) is 25.0. The highest BCUT2D eigenvalue weighted by molar-refractivity contribution is 7.92. The highest BCUT2D eigenvalue weighted by Crippen LogP contribution is 2.26. The van der Waals surface area contributed by atoms with E-state index in [2.05, 4.69) is 10.0 Å². The number of hydrogen-bond donors (Lipinski definition) is 2. The first-order chi connectivity index (χ1) is 16.8. The van der Waals surface area contributed by atoms with Crippen molar-refractivity contribution in [2.45, 2.75) is 24.7 Å². The van der Waals surface area contributed by atoms with Crippen LogP contribution in [0.5, 0.6) is 5.75 Å². The summed E-state index contributed by atoms with van der Waals surface area (Å²) < 4.78 is 38.9. The number of carbonyl (C=O) groups is 2. The molecule has 2 amide bonds. The molecule has 10 heteroatoms. The van der Waals surface area contributed by atoms with Crippen LogP contribution in [0.25, 0.3) is 0 Å². The first-order valence-electron chi connectivity index (χ1n) is 11.2. The van der Waals surface area contributed by atoms with Gasteiger partial charge in [-0.15, -0.1) is 0 Å². The van der Waals surface area contributed by atoms with Crippen LogP contribution in [0.2, 0.25) is 0 Å². The van der Waals surface area contributed by atoms with Crippen LogP contribution < -0.4 is 14.8 Å². The van der Waals surface area contributed by atoms with Crippen molar-refractivity contribution in [2.75, 3.05) is 30.2 Å². The van der Waals surface area contributed by atoms with Crippen LogP contribution in [-0.2, 0) is 14.8 Å². The van der Waals surface area contributed by atoms with Gasteiger partial charge < -0.3 is 19.4 Å². The Hall–Kier alpha value is -3.79. The molecule has 0 saturated carbocycles. The SMILES string of the molecule is COc1ccc(NS(=O)(=O)c2cc(NC(=O)C3CCN(C(=O)c4ccco4)CC3)ccc2C)cc1. The van der Waals surface area contributed by atoms with Crippen molar-refractivity contribution in [1.82, 2.24) is 4.90 Å². The number of aryl methyl sites for hydroxylation is 1. The molecule has 1 aliphatic heterocycles. The maximum absolute atomic E-state index is 13.0. The van der Waals surface area contributed by atoms with Crippen LogP contribution in [-0.4, -0.2) is 45.3 Å². The van der Waals surface area contributed by atoms with Gasteiger partial charge >= 0.3 is 0 Å². The van der Waals surface area contributed by atoms with Gasteiger partial charge in [0, 0.05) is 30.4 Å². The van der Waals surface area contributed by atoms with E-state index in [4.69, 9.17) is 9.15 Å². The molecule has 0 bridgehead atoms. The van der Waals surface area contributed by atoms with E-state index in [0.717, 1.165) is 0 Å². The Kier molecular flexibility index (Phi) is 7.11. The fourth-order valence-electron chi connectivity index (χ4n) is 3.98. The Labute approximate surface area is 204 Å². The second kappa shape index (κ2) is 10.2. The minimum absolute atomic E-state index is 0.0741. The number of piperidine rings is 1. The molecular formula is C25H27N3O6S. The number of hydrogen-bond acceptors (Lipinski definition) is 6. The van der Waals surface area contributed by atoms with Gasteiger partial charge in [0.1, 0.15) is 5.75 Å². The third-order valence-corrected chi connectivity index (χ3v) is 7.50. The van der Waals surface area contributed by atoms with Gasteiger partial charge in [-0.25, -0.2) is 8.42 Å². The van der Waals surface area contributed by atoms with E-state index in [9.17, 15) is 18.0 Å². The number of carbonyl (C=O) groups excluding carboxylic acids is 2. The van der Waals surface area contributed by atoms with Crippen LogP contribution >= 0.6 is 0 Å². The minimum Gasteiger partial charge on any atom is -0.497 e. The van der Waals surface area contributed by atoms with Gasteiger partial charge in [-0.3, -0.25) is 14.3 Å². The monoisotopic (exact) mass is 497 g/mol. The smallest absolute Gasteiger partial charge is 0.289 e. The van der Waals surface area contributed by atoms with Gasteiger partial charge in [0.25, 0.3) is 15.9 Å². The molecule has 2 heterocycles. The lowest BCUT2D eigenvalue weighted by Gasteiger charge is -2.30. The lowest BCUT2D eigenvalue weighted by molar-refractivity contribution is -0.121. The average molecular weight is 498 g/mol. The Balaban J connectivity index is 1.40. The van der Waals surface area contributed by atoms with Gasteiger partial charge in [0.2, 0.25) is 5.91 Å². The van der Waals surface area contributed by atoms with E-state index in [1.165, 1.54) is 19.4 Å². The first kappa shape index (κ1) is 24.3. The number of ether oxygens (including phenoxy) is 1. The molecule has 0 radical (unpaired) electrons. The molecule has 35 heavy (non-hydrogen) atoms. The summed E-state index contributed by atoms with van der Waals surface area (Å²) in [5, 5.41) is 2.83. The van der Waals surface area contributed by atoms with Gasteiger partial charge in [-0.2, -0.15) is 0 Å². The molecule has 9 nitrogen and oxygen atoms in total. The van der Waals surface area contributed by atoms with Crippen LogP contribution in [0.4, 0.5) is 11.4 Å². The normalized spacial score (nSPS) is 14.4. The van der Waals surface area contributed by atoms with Crippen LogP contribution in [0.15, 0.2) is 70.2 Å². The third kappa shape index (κ3) is 5.65. The summed E-state index contributed by atoms with van der Waals surface area (Å²) in [4.78, 5) is 27.0. The van der Waals surface area contributed by atoms with E-state index in [1.807, 2.05) is 0 Å². The highest BCUT2D eigenvalue weighted by atomic mass is 32.2. The lowest BCUT2D eigenvalue weighted by Crippen LogP contribution is -2.41. The number of sulfonamides is 1. The Morgan fingerprint density at radius 2 is 1.71 bits per heavy atom. The molecule has 0 atom stereocenters. The predicted octanol–water partition coefficient (Wildman–Crippen LogP) is 3.89. The molecule has 3 aromatic rings. The molecular weight excluding hydrogens is 470 g/mol. The Morgan fingerprint density at radius 3 is 2.34 bits per heavy atom. The number of nitrogens with one attached hydrogen (secondary N) is 2. The van der Waals surface area contributed by atoms with E-state index in [1.54, 1.807) is 60.4 Å². The lowest BCUT2D eigenvalue weighted by atomic mass is 9.95. The standard InChI is InChI=1S/C25H27N3O6S/c1-17-5-6-20(16-23(17)35(31,32)27-19-7-9-21(33-2)10-8-19)26-24(29)18-11-13-28(14-12-18)25(30)22-4-3-15-34-22/h3-10,15-16,18,27H,11-14H2,1-2H3,(H,26,29). The zero-order valence-corrected chi connectivity index (χ0v) is 20.3. The zero-order valence-electron chi connectivity index (χ0n) is 19.5. The van der Waals surface area contributed by atoms with Crippen molar-refractivity contribution in [3.63, 3.8) is 0 Å². The second-order valence-corrected chi connectivity index (χ2v) is 10.00. The molecule has 1 fully saturated rings. The molecule has 184 valence electrons. The number of anilines is 2. The van der Waals surface area contributed by atoms with Crippen molar-refractivity contribution in [2.24, 2.45) is 5.92 Å².